The highest BCUT2D eigenvalue weighted by molar-refractivity contribution is 6.79. The summed E-state index contributed by atoms with van der Waals surface area (Å²) in [5, 5.41) is 30.8. The van der Waals surface area contributed by atoms with E-state index in [1.807, 2.05) is 12.1 Å². The van der Waals surface area contributed by atoms with Crippen LogP contribution in [0.15, 0.2) is 66.9 Å². The maximum Gasteiger partial charge on any atom is 0.359 e. The number of phenolic OH excluding ortho intramolecular Hbond substituents is 1. The van der Waals surface area contributed by atoms with Crippen molar-refractivity contribution in [2.24, 2.45) is 0 Å². The summed E-state index contributed by atoms with van der Waals surface area (Å²) < 4.78 is 21.2. The van der Waals surface area contributed by atoms with Gasteiger partial charge in [-0.1, -0.05) is 12.1 Å². The number of phenols is 1. The van der Waals surface area contributed by atoms with Gasteiger partial charge in [-0.05, 0) is 53.4 Å². The third kappa shape index (κ3) is 4.00. The Hall–Kier alpha value is -4.51. The fourth-order valence-electron chi connectivity index (χ4n) is 3.66. The Morgan fingerprint density at radius 3 is 2.03 bits per heavy atom. The van der Waals surface area contributed by atoms with Gasteiger partial charge in [0.15, 0.2) is 23.0 Å². The van der Waals surface area contributed by atoms with Crippen LogP contribution >= 0.6 is 0 Å². The number of benzene rings is 3. The van der Waals surface area contributed by atoms with Crippen LogP contribution in [0.5, 0.6) is 28.7 Å². The van der Waals surface area contributed by atoms with E-state index < -0.39 is 11.8 Å². The topological polar surface area (TPSA) is 133 Å². The molecule has 3 aromatic carbocycles. The normalized spacial score (nSPS) is 12.7. The standard InChI is InChI=1S/C14H11BO5.C9H6N2O3/c16-15(9-1-3-11-13(5-9)19-7-17-11)10-2-4-12-14(6-10)20-8-18-12;12-8-4-3-7(11(13)14)6-2-1-5-10-9(6)8/h1-6,16H,7-8H2;1-5,12H. The average molecular weight is 460 g/mol. The Bertz CT molecular complexity index is 1340. The first-order valence-electron chi connectivity index (χ1n) is 10.2. The second kappa shape index (κ2) is 8.79. The predicted octanol–water partition coefficient (Wildman–Crippen LogP) is 2.09. The second-order valence-electron chi connectivity index (χ2n) is 7.39. The lowest BCUT2D eigenvalue weighted by Crippen LogP contribution is -2.42. The first kappa shape index (κ1) is 21.3. The smallest absolute Gasteiger partial charge is 0.359 e. The van der Waals surface area contributed by atoms with E-state index in [0.29, 0.717) is 28.4 Å². The molecule has 0 fully saturated rings. The molecule has 0 saturated carbocycles. The van der Waals surface area contributed by atoms with Crippen LogP contribution in [0.25, 0.3) is 10.9 Å². The SMILES string of the molecule is O=[N+]([O-])c1ccc(O)c2ncccc12.OB(c1ccc2c(c1)OCO2)c1ccc2c(c1)OCO2. The number of hydrogen-bond acceptors (Lipinski definition) is 9. The molecular weight excluding hydrogens is 443 g/mol. The number of ether oxygens (including phenoxy) is 4. The molecule has 0 spiro atoms. The van der Waals surface area contributed by atoms with Gasteiger partial charge in [0.25, 0.3) is 5.69 Å². The van der Waals surface area contributed by atoms with E-state index in [9.17, 15) is 20.2 Å². The van der Waals surface area contributed by atoms with Crippen molar-refractivity contribution >= 4 is 34.4 Å². The Balaban J connectivity index is 0.000000152. The Labute approximate surface area is 193 Å². The van der Waals surface area contributed by atoms with Gasteiger partial charge in [-0.3, -0.25) is 15.1 Å². The molecule has 0 atom stereocenters. The fraction of sp³-hybridized carbons (Fsp3) is 0.0870. The molecule has 34 heavy (non-hydrogen) atoms. The molecule has 0 aliphatic carbocycles. The molecule has 11 heteroatoms. The number of aromatic hydroxyl groups is 1. The number of hydrogen-bond donors (Lipinski definition) is 2. The molecule has 10 nitrogen and oxygen atoms in total. The van der Waals surface area contributed by atoms with Crippen molar-refractivity contribution in [2.75, 3.05) is 13.6 Å². The number of fused-ring (bicyclic) bond motifs is 3. The molecular formula is C23H17BN2O8. The van der Waals surface area contributed by atoms with E-state index in [1.54, 1.807) is 36.4 Å². The van der Waals surface area contributed by atoms with E-state index in [1.165, 1.54) is 18.3 Å². The van der Waals surface area contributed by atoms with Gasteiger partial charge in [-0.2, -0.15) is 0 Å². The third-order valence-electron chi connectivity index (χ3n) is 5.35. The van der Waals surface area contributed by atoms with Gasteiger partial charge in [0.1, 0.15) is 11.3 Å². The zero-order valence-corrected chi connectivity index (χ0v) is 17.6. The van der Waals surface area contributed by atoms with Crippen molar-refractivity contribution in [2.45, 2.75) is 0 Å². The highest BCUT2D eigenvalue weighted by atomic mass is 16.7. The van der Waals surface area contributed by atoms with Crippen LogP contribution in [-0.4, -0.2) is 40.5 Å². The van der Waals surface area contributed by atoms with Gasteiger partial charge < -0.3 is 29.1 Å². The Kier molecular flexibility index (Phi) is 5.52. The van der Waals surface area contributed by atoms with Crippen LogP contribution in [0.3, 0.4) is 0 Å². The van der Waals surface area contributed by atoms with Gasteiger partial charge in [0, 0.05) is 12.3 Å². The van der Waals surface area contributed by atoms with Crippen LogP contribution < -0.4 is 29.9 Å². The summed E-state index contributed by atoms with van der Waals surface area (Å²) in [4.78, 5) is 14.0. The zero-order valence-electron chi connectivity index (χ0n) is 17.6. The maximum atomic E-state index is 10.6. The number of rotatable bonds is 3. The summed E-state index contributed by atoms with van der Waals surface area (Å²) in [7, 11) is 0. The third-order valence-corrected chi connectivity index (χ3v) is 5.35. The quantitative estimate of drug-likeness (QED) is 0.268. The first-order chi connectivity index (χ1) is 16.5. The van der Waals surface area contributed by atoms with Crippen LogP contribution in [0, 0.1) is 10.1 Å². The first-order valence-corrected chi connectivity index (χ1v) is 10.2. The molecule has 170 valence electrons. The van der Waals surface area contributed by atoms with Crippen LogP contribution in [-0.2, 0) is 0 Å². The summed E-state index contributed by atoms with van der Waals surface area (Å²) in [6.07, 6.45) is 1.48. The lowest BCUT2D eigenvalue weighted by molar-refractivity contribution is -0.383. The van der Waals surface area contributed by atoms with Gasteiger partial charge in [-0.15, -0.1) is 0 Å². The number of aromatic nitrogens is 1. The van der Waals surface area contributed by atoms with Gasteiger partial charge in [-0.25, -0.2) is 0 Å². The van der Waals surface area contributed by atoms with Crippen LogP contribution in [0.1, 0.15) is 0 Å². The highest BCUT2D eigenvalue weighted by Gasteiger charge is 2.24. The van der Waals surface area contributed by atoms with Crippen molar-refractivity contribution in [1.82, 2.24) is 4.98 Å². The molecule has 0 amide bonds. The molecule has 0 radical (unpaired) electrons. The maximum absolute atomic E-state index is 10.6. The number of pyridine rings is 1. The van der Waals surface area contributed by atoms with Crippen molar-refractivity contribution in [1.29, 1.82) is 0 Å². The molecule has 0 saturated heterocycles. The van der Waals surface area contributed by atoms with Gasteiger partial charge in [0.05, 0.1) is 10.3 Å². The van der Waals surface area contributed by atoms with Crippen LogP contribution in [0.2, 0.25) is 0 Å². The van der Waals surface area contributed by atoms with E-state index in [-0.39, 0.29) is 30.5 Å². The lowest BCUT2D eigenvalue weighted by Gasteiger charge is -2.09. The monoisotopic (exact) mass is 460 g/mol. The van der Waals surface area contributed by atoms with Crippen LogP contribution in [0.4, 0.5) is 5.69 Å². The largest absolute Gasteiger partial charge is 0.506 e. The van der Waals surface area contributed by atoms with Crippen molar-refractivity contribution in [3.63, 3.8) is 0 Å². The molecule has 4 aromatic rings. The number of nitrogens with zero attached hydrogens (tertiary/aromatic N) is 2. The molecule has 0 bridgehead atoms. The fourth-order valence-corrected chi connectivity index (χ4v) is 3.66. The molecule has 0 unspecified atom stereocenters. The lowest BCUT2D eigenvalue weighted by atomic mass is 9.56. The summed E-state index contributed by atoms with van der Waals surface area (Å²) in [6.45, 7) is -0.309. The minimum Gasteiger partial charge on any atom is -0.506 e. The second-order valence-corrected chi connectivity index (χ2v) is 7.39. The Morgan fingerprint density at radius 1 is 0.853 bits per heavy atom. The average Bonchev–Trinajstić information content (AvgIpc) is 3.52. The van der Waals surface area contributed by atoms with E-state index >= 15 is 0 Å². The molecule has 3 heterocycles. The molecule has 2 aliphatic heterocycles. The molecule has 2 N–H and O–H groups in total. The van der Waals surface area contributed by atoms with Crippen molar-refractivity contribution in [3.8, 4) is 28.7 Å². The molecule has 2 aliphatic rings. The summed E-state index contributed by atoms with van der Waals surface area (Å²) in [5.41, 5.74) is 1.69. The molecule has 6 rings (SSSR count). The highest BCUT2D eigenvalue weighted by Crippen LogP contribution is 2.32. The van der Waals surface area contributed by atoms with E-state index in [2.05, 4.69) is 4.98 Å². The number of nitro benzene ring substituents is 1. The number of non-ortho nitro benzene ring substituents is 1. The number of nitro groups is 1. The summed E-state index contributed by atoms with van der Waals surface area (Å²) in [5.74, 6) is 2.66. The predicted molar refractivity (Wildman–Crippen MR) is 122 cm³/mol. The van der Waals surface area contributed by atoms with E-state index in [4.69, 9.17) is 18.9 Å². The van der Waals surface area contributed by atoms with Crippen molar-refractivity contribution in [3.05, 3.63) is 77.0 Å². The van der Waals surface area contributed by atoms with Gasteiger partial charge in [0.2, 0.25) is 13.6 Å². The summed E-state index contributed by atoms with van der Waals surface area (Å²) >= 11 is 0. The molecule has 1 aromatic heterocycles. The van der Waals surface area contributed by atoms with Crippen molar-refractivity contribution < 1.29 is 34.0 Å². The van der Waals surface area contributed by atoms with Gasteiger partial charge >= 0.3 is 6.92 Å². The Morgan fingerprint density at radius 2 is 1.44 bits per heavy atom. The minimum atomic E-state index is -0.751. The zero-order chi connectivity index (χ0) is 23.7. The minimum absolute atomic E-state index is 0.0498. The van der Waals surface area contributed by atoms with E-state index in [0.717, 1.165) is 10.9 Å². The summed E-state index contributed by atoms with van der Waals surface area (Å²) in [6, 6.07) is 16.5.